The van der Waals surface area contributed by atoms with E-state index in [1.807, 2.05) is 35.5 Å². The molecule has 2 aromatic heterocycles. The Bertz CT molecular complexity index is 1070. The lowest BCUT2D eigenvalue weighted by molar-refractivity contribution is 0.0691. The lowest BCUT2D eigenvalue weighted by Crippen LogP contribution is -2.38. The molecule has 2 N–H and O–H groups in total. The third-order valence-electron chi connectivity index (χ3n) is 5.07. The number of hydrogen-bond donors (Lipinski definition) is 2. The SMILES string of the molecule is O=C(O)c1cn2c(N3CCOCC3)cc(N3C=CC(c4ccccc4)N3)nc2n1. The van der Waals surface area contributed by atoms with E-state index in [4.69, 9.17) is 4.74 Å². The third-order valence-corrected chi connectivity index (χ3v) is 5.07. The number of carboxylic acids is 1. The van der Waals surface area contributed by atoms with Crippen LogP contribution in [-0.4, -0.2) is 51.7 Å². The number of nitrogens with zero attached hydrogens (tertiary/aromatic N) is 5. The van der Waals surface area contributed by atoms with E-state index < -0.39 is 5.97 Å². The summed E-state index contributed by atoms with van der Waals surface area (Å²) in [5.74, 6) is 0.760. The van der Waals surface area contributed by atoms with Gasteiger partial charge in [-0.25, -0.2) is 15.2 Å². The molecule has 1 fully saturated rings. The van der Waals surface area contributed by atoms with Gasteiger partial charge in [-0.15, -0.1) is 0 Å². The van der Waals surface area contributed by atoms with Crippen molar-refractivity contribution in [2.45, 2.75) is 6.04 Å². The predicted molar refractivity (Wildman–Crippen MR) is 107 cm³/mol. The number of imidazole rings is 1. The predicted octanol–water partition coefficient (Wildman–Crippen LogP) is 1.84. The van der Waals surface area contributed by atoms with Gasteiger partial charge in [-0.2, -0.15) is 4.98 Å². The number of nitrogens with one attached hydrogen (secondary N) is 1. The lowest BCUT2D eigenvalue weighted by atomic mass is 10.1. The molecule has 9 heteroatoms. The Labute approximate surface area is 166 Å². The number of rotatable bonds is 4. The molecule has 2 aliphatic heterocycles. The molecule has 1 atom stereocenters. The molecule has 5 rings (SSSR count). The second-order valence-electron chi connectivity index (χ2n) is 6.90. The average Bonchev–Trinajstić information content (AvgIpc) is 3.42. The van der Waals surface area contributed by atoms with Crippen molar-refractivity contribution in [3.63, 3.8) is 0 Å². The monoisotopic (exact) mass is 392 g/mol. The number of morpholine rings is 1. The maximum atomic E-state index is 11.4. The minimum absolute atomic E-state index is 0.0313. The summed E-state index contributed by atoms with van der Waals surface area (Å²) in [6, 6.07) is 12.1. The Morgan fingerprint density at radius 3 is 2.72 bits per heavy atom. The molecule has 1 aromatic carbocycles. The minimum atomic E-state index is -1.08. The maximum absolute atomic E-state index is 11.4. The summed E-state index contributed by atoms with van der Waals surface area (Å²) < 4.78 is 7.19. The molecule has 0 saturated carbocycles. The molecule has 0 radical (unpaired) electrons. The van der Waals surface area contributed by atoms with Gasteiger partial charge in [0.15, 0.2) is 11.5 Å². The van der Waals surface area contributed by atoms with E-state index in [1.54, 1.807) is 4.40 Å². The van der Waals surface area contributed by atoms with Crippen LogP contribution in [0.1, 0.15) is 22.1 Å². The minimum Gasteiger partial charge on any atom is -0.476 e. The quantitative estimate of drug-likeness (QED) is 0.695. The van der Waals surface area contributed by atoms with Crippen molar-refractivity contribution in [2.24, 2.45) is 0 Å². The zero-order chi connectivity index (χ0) is 19.8. The summed E-state index contributed by atoms with van der Waals surface area (Å²) in [4.78, 5) is 22.4. The molecule has 148 valence electrons. The lowest BCUT2D eigenvalue weighted by Gasteiger charge is -2.30. The van der Waals surface area contributed by atoms with Crippen LogP contribution in [0.2, 0.25) is 0 Å². The van der Waals surface area contributed by atoms with E-state index in [-0.39, 0.29) is 11.7 Å². The molecule has 2 aliphatic rings. The van der Waals surface area contributed by atoms with E-state index >= 15 is 0 Å². The first-order valence-electron chi connectivity index (χ1n) is 9.44. The van der Waals surface area contributed by atoms with Crippen LogP contribution >= 0.6 is 0 Å². The van der Waals surface area contributed by atoms with Crippen LogP contribution in [0.25, 0.3) is 5.78 Å². The first-order valence-corrected chi connectivity index (χ1v) is 9.44. The fourth-order valence-electron chi connectivity index (χ4n) is 3.60. The molecule has 1 saturated heterocycles. The van der Waals surface area contributed by atoms with Crippen LogP contribution in [0.3, 0.4) is 0 Å². The Morgan fingerprint density at radius 1 is 1.17 bits per heavy atom. The van der Waals surface area contributed by atoms with Gasteiger partial charge in [0.2, 0.25) is 5.78 Å². The third kappa shape index (κ3) is 3.30. The first-order chi connectivity index (χ1) is 14.2. The average molecular weight is 392 g/mol. The number of anilines is 2. The highest BCUT2D eigenvalue weighted by Crippen LogP contribution is 2.27. The number of hydrazine groups is 1. The molecular weight excluding hydrogens is 372 g/mol. The normalized spacial score (nSPS) is 19.2. The summed E-state index contributed by atoms with van der Waals surface area (Å²) in [6.45, 7) is 2.68. The van der Waals surface area contributed by atoms with Crippen LogP contribution in [0, 0.1) is 0 Å². The highest BCUT2D eigenvalue weighted by molar-refractivity contribution is 5.86. The maximum Gasteiger partial charge on any atom is 0.356 e. The zero-order valence-corrected chi connectivity index (χ0v) is 15.6. The Kier molecular flexibility index (Phi) is 4.38. The number of benzene rings is 1. The van der Waals surface area contributed by atoms with Gasteiger partial charge in [0.05, 0.1) is 19.3 Å². The number of ether oxygens (including phenoxy) is 1. The zero-order valence-electron chi connectivity index (χ0n) is 15.6. The smallest absolute Gasteiger partial charge is 0.356 e. The largest absolute Gasteiger partial charge is 0.476 e. The van der Waals surface area contributed by atoms with Crippen LogP contribution in [0.4, 0.5) is 11.6 Å². The molecule has 0 bridgehead atoms. The van der Waals surface area contributed by atoms with Crippen LogP contribution in [0.15, 0.2) is 54.9 Å². The molecule has 4 heterocycles. The van der Waals surface area contributed by atoms with Gasteiger partial charge in [-0.05, 0) is 11.6 Å². The second kappa shape index (κ2) is 7.19. The molecule has 0 spiro atoms. The van der Waals surface area contributed by atoms with Crippen molar-refractivity contribution in [3.05, 3.63) is 66.1 Å². The Balaban J connectivity index is 1.52. The van der Waals surface area contributed by atoms with E-state index in [0.29, 0.717) is 24.8 Å². The second-order valence-corrected chi connectivity index (χ2v) is 6.90. The van der Waals surface area contributed by atoms with E-state index in [0.717, 1.165) is 24.5 Å². The van der Waals surface area contributed by atoms with Gasteiger partial charge in [0.25, 0.3) is 0 Å². The van der Waals surface area contributed by atoms with Crippen LogP contribution in [0.5, 0.6) is 0 Å². The molecule has 0 amide bonds. The number of aromatic carboxylic acids is 1. The van der Waals surface area contributed by atoms with Gasteiger partial charge in [-0.1, -0.05) is 30.3 Å². The van der Waals surface area contributed by atoms with Crippen molar-refractivity contribution in [1.29, 1.82) is 0 Å². The van der Waals surface area contributed by atoms with Crippen LogP contribution < -0.4 is 15.3 Å². The summed E-state index contributed by atoms with van der Waals surface area (Å²) >= 11 is 0. The molecule has 1 unspecified atom stereocenters. The number of aromatic nitrogens is 3. The molecule has 0 aliphatic carbocycles. The van der Waals surface area contributed by atoms with Gasteiger partial charge in [-0.3, -0.25) is 9.41 Å². The molecule has 3 aromatic rings. The summed E-state index contributed by atoms with van der Waals surface area (Å²) in [5, 5.41) is 11.2. The molecular formula is C20H20N6O3. The van der Waals surface area contributed by atoms with Gasteiger partial charge in [0.1, 0.15) is 5.82 Å². The van der Waals surface area contributed by atoms with Crippen molar-refractivity contribution in [1.82, 2.24) is 19.8 Å². The standard InChI is InChI=1S/C20H20N6O3/c27-19(28)16-13-25-18(24-8-10-29-11-9-24)12-17(22-20(25)21-16)26-7-6-15(23-26)14-4-2-1-3-5-14/h1-7,12-13,15,23H,8-11H2,(H,27,28). The van der Waals surface area contributed by atoms with Crippen molar-refractivity contribution >= 4 is 23.4 Å². The summed E-state index contributed by atoms with van der Waals surface area (Å²) in [6.07, 6.45) is 5.50. The highest BCUT2D eigenvalue weighted by Gasteiger charge is 2.23. The Hall–Kier alpha value is -3.43. The van der Waals surface area contributed by atoms with Crippen molar-refractivity contribution in [3.8, 4) is 0 Å². The number of carbonyl (C=O) groups is 1. The summed E-state index contributed by atoms with van der Waals surface area (Å²) in [7, 11) is 0. The van der Waals surface area contributed by atoms with Crippen molar-refractivity contribution < 1.29 is 14.6 Å². The van der Waals surface area contributed by atoms with Crippen molar-refractivity contribution in [2.75, 3.05) is 36.2 Å². The van der Waals surface area contributed by atoms with Crippen LogP contribution in [-0.2, 0) is 4.74 Å². The van der Waals surface area contributed by atoms with E-state index in [9.17, 15) is 9.90 Å². The molecule has 9 nitrogen and oxygen atoms in total. The molecule has 29 heavy (non-hydrogen) atoms. The fourth-order valence-corrected chi connectivity index (χ4v) is 3.60. The van der Waals surface area contributed by atoms with Gasteiger partial charge in [0, 0.05) is 31.6 Å². The highest BCUT2D eigenvalue weighted by atomic mass is 16.5. The number of hydrogen-bond acceptors (Lipinski definition) is 7. The first kappa shape index (κ1) is 17.7. The van der Waals surface area contributed by atoms with E-state index in [2.05, 4.69) is 38.5 Å². The topological polar surface area (TPSA) is 95.2 Å². The Morgan fingerprint density at radius 2 is 1.97 bits per heavy atom. The number of fused-ring (bicyclic) bond motifs is 1. The van der Waals surface area contributed by atoms with E-state index in [1.165, 1.54) is 6.20 Å². The summed E-state index contributed by atoms with van der Waals surface area (Å²) in [5.41, 5.74) is 4.53. The number of carboxylic acid groups (broad SMARTS) is 1. The van der Waals surface area contributed by atoms with Gasteiger partial charge < -0.3 is 14.7 Å². The fraction of sp³-hybridized carbons (Fsp3) is 0.250. The van der Waals surface area contributed by atoms with Gasteiger partial charge >= 0.3 is 5.97 Å².